The molecule has 0 saturated heterocycles. The highest BCUT2D eigenvalue weighted by molar-refractivity contribution is 5.67. The molecule has 1 N–H and O–H groups in total. The van der Waals surface area contributed by atoms with E-state index in [1.54, 1.807) is 7.11 Å². The van der Waals surface area contributed by atoms with Crippen LogP contribution in [0, 0.1) is 31.1 Å². The van der Waals surface area contributed by atoms with E-state index < -0.39 is 11.9 Å². The molecule has 0 bridgehead atoms. The van der Waals surface area contributed by atoms with Gasteiger partial charge in [0.1, 0.15) is 5.75 Å². The van der Waals surface area contributed by atoms with Crippen LogP contribution in [0.3, 0.4) is 0 Å². The van der Waals surface area contributed by atoms with Crippen molar-refractivity contribution in [3.63, 3.8) is 0 Å². The van der Waals surface area contributed by atoms with E-state index in [9.17, 15) is 4.79 Å². The molecule has 18 heavy (non-hydrogen) atoms. The molecule has 0 radical (unpaired) electrons. The number of benzene rings is 1. The maximum Gasteiger partial charge on any atom is 0.304 e. The minimum absolute atomic E-state index is 0.124. The molecule has 1 aromatic rings. The van der Waals surface area contributed by atoms with Crippen LogP contribution in [0.15, 0.2) is 12.1 Å². The van der Waals surface area contributed by atoms with Crippen LogP contribution in [0.5, 0.6) is 5.75 Å². The number of rotatable bonds is 5. The first-order valence-electron chi connectivity index (χ1n) is 5.73. The molecule has 4 nitrogen and oxygen atoms in total. The molecule has 0 heterocycles. The lowest BCUT2D eigenvalue weighted by Gasteiger charge is -2.13. The van der Waals surface area contributed by atoms with Crippen molar-refractivity contribution in [3.05, 3.63) is 28.8 Å². The predicted molar refractivity (Wildman–Crippen MR) is 67.5 cm³/mol. The first-order chi connectivity index (χ1) is 8.47. The van der Waals surface area contributed by atoms with Crippen molar-refractivity contribution < 1.29 is 14.6 Å². The van der Waals surface area contributed by atoms with Crippen molar-refractivity contribution in [1.82, 2.24) is 0 Å². The van der Waals surface area contributed by atoms with Crippen LogP contribution in [0.25, 0.3) is 0 Å². The van der Waals surface area contributed by atoms with Gasteiger partial charge in [0.15, 0.2) is 0 Å². The van der Waals surface area contributed by atoms with Gasteiger partial charge < -0.3 is 9.84 Å². The average Bonchev–Trinajstić information content (AvgIpc) is 2.31. The van der Waals surface area contributed by atoms with Crippen molar-refractivity contribution in [2.45, 2.75) is 26.7 Å². The molecule has 0 saturated carbocycles. The second kappa shape index (κ2) is 6.06. The number of hydrogen-bond donors (Lipinski definition) is 1. The Balaban J connectivity index is 2.94. The highest BCUT2D eigenvalue weighted by Gasteiger charge is 2.15. The van der Waals surface area contributed by atoms with E-state index in [-0.39, 0.29) is 6.42 Å². The van der Waals surface area contributed by atoms with Crippen LogP contribution >= 0.6 is 0 Å². The summed E-state index contributed by atoms with van der Waals surface area (Å²) in [5.74, 6) is -0.624. The third-order valence-corrected chi connectivity index (χ3v) is 2.92. The summed E-state index contributed by atoms with van der Waals surface area (Å²) in [4.78, 5) is 10.6. The topological polar surface area (TPSA) is 70.3 Å². The lowest BCUT2D eigenvalue weighted by Crippen LogP contribution is -2.09. The molecular weight excluding hydrogens is 230 g/mol. The van der Waals surface area contributed by atoms with Crippen LogP contribution < -0.4 is 4.74 Å². The van der Waals surface area contributed by atoms with Crippen LogP contribution in [0.1, 0.15) is 23.1 Å². The molecule has 0 fully saturated rings. The Kier molecular flexibility index (Phi) is 4.73. The van der Waals surface area contributed by atoms with Gasteiger partial charge >= 0.3 is 5.97 Å². The maximum absolute atomic E-state index is 10.6. The van der Waals surface area contributed by atoms with Gasteiger partial charge in [0.25, 0.3) is 0 Å². The number of nitrogens with zero attached hydrogens (tertiary/aromatic N) is 1. The number of nitriles is 1. The molecule has 0 aromatic heterocycles. The molecule has 0 aliphatic carbocycles. The van der Waals surface area contributed by atoms with Crippen molar-refractivity contribution in [2.75, 3.05) is 7.11 Å². The number of methoxy groups -OCH3 is 1. The summed E-state index contributed by atoms with van der Waals surface area (Å²) in [5, 5.41) is 17.7. The number of aliphatic carboxylic acids is 1. The normalized spacial score (nSPS) is 11.7. The summed E-state index contributed by atoms with van der Waals surface area (Å²) in [5.41, 5.74) is 3.01. The Hall–Kier alpha value is -2.02. The molecule has 0 aliphatic rings. The minimum atomic E-state index is -0.940. The molecule has 4 heteroatoms. The number of hydrogen-bond acceptors (Lipinski definition) is 3. The first kappa shape index (κ1) is 14.0. The highest BCUT2D eigenvalue weighted by atomic mass is 16.5. The molecule has 96 valence electrons. The molecule has 1 unspecified atom stereocenters. The SMILES string of the molecule is COc1cc(C)c(CC(C#N)CC(=O)O)cc1C. The molecule has 0 spiro atoms. The summed E-state index contributed by atoms with van der Waals surface area (Å²) < 4.78 is 5.22. The Labute approximate surface area is 107 Å². The summed E-state index contributed by atoms with van der Waals surface area (Å²) in [6, 6.07) is 5.92. The van der Waals surface area contributed by atoms with Crippen LogP contribution in [0.4, 0.5) is 0 Å². The number of carboxylic acids is 1. The van der Waals surface area contributed by atoms with E-state index in [4.69, 9.17) is 15.1 Å². The Morgan fingerprint density at radius 3 is 2.61 bits per heavy atom. The van der Waals surface area contributed by atoms with Crippen LogP contribution in [-0.4, -0.2) is 18.2 Å². The molecule has 1 atom stereocenters. The monoisotopic (exact) mass is 247 g/mol. The fourth-order valence-corrected chi connectivity index (χ4v) is 1.93. The summed E-state index contributed by atoms with van der Waals surface area (Å²) in [6.45, 7) is 3.87. The zero-order valence-corrected chi connectivity index (χ0v) is 10.9. The smallest absolute Gasteiger partial charge is 0.304 e. The largest absolute Gasteiger partial charge is 0.496 e. The number of ether oxygens (including phenoxy) is 1. The Morgan fingerprint density at radius 1 is 1.44 bits per heavy atom. The molecule has 0 aliphatic heterocycles. The van der Waals surface area contributed by atoms with Gasteiger partial charge in [-0.05, 0) is 43.0 Å². The van der Waals surface area contributed by atoms with E-state index in [0.29, 0.717) is 6.42 Å². The van der Waals surface area contributed by atoms with E-state index >= 15 is 0 Å². The second-order valence-electron chi connectivity index (χ2n) is 4.38. The minimum Gasteiger partial charge on any atom is -0.496 e. The molecule has 0 amide bonds. The third-order valence-electron chi connectivity index (χ3n) is 2.92. The van der Waals surface area contributed by atoms with Gasteiger partial charge in [-0.1, -0.05) is 6.07 Å². The average molecular weight is 247 g/mol. The summed E-state index contributed by atoms with van der Waals surface area (Å²) >= 11 is 0. The van der Waals surface area contributed by atoms with E-state index in [1.807, 2.05) is 32.0 Å². The van der Waals surface area contributed by atoms with Gasteiger partial charge in [-0.15, -0.1) is 0 Å². The quantitative estimate of drug-likeness (QED) is 0.867. The summed E-state index contributed by atoms with van der Waals surface area (Å²) in [6.07, 6.45) is 0.334. The van der Waals surface area contributed by atoms with E-state index in [0.717, 1.165) is 22.4 Å². The molecule has 1 aromatic carbocycles. The molecular formula is C14H17NO3. The van der Waals surface area contributed by atoms with Crippen molar-refractivity contribution in [3.8, 4) is 11.8 Å². The van der Waals surface area contributed by atoms with Crippen LogP contribution in [-0.2, 0) is 11.2 Å². The lowest BCUT2D eigenvalue weighted by molar-refractivity contribution is -0.137. The Bertz CT molecular complexity index is 489. The zero-order valence-electron chi connectivity index (χ0n) is 10.9. The van der Waals surface area contributed by atoms with E-state index in [2.05, 4.69) is 0 Å². The van der Waals surface area contributed by atoms with Crippen LogP contribution in [0.2, 0.25) is 0 Å². The lowest BCUT2D eigenvalue weighted by atomic mass is 9.93. The maximum atomic E-state index is 10.6. The number of aryl methyl sites for hydroxylation is 2. The first-order valence-corrected chi connectivity index (χ1v) is 5.73. The van der Waals surface area contributed by atoms with Gasteiger partial charge in [-0.25, -0.2) is 0 Å². The number of carbonyl (C=O) groups is 1. The van der Waals surface area contributed by atoms with E-state index in [1.165, 1.54) is 0 Å². The van der Waals surface area contributed by atoms with Gasteiger partial charge in [-0.3, -0.25) is 4.79 Å². The molecule has 1 rings (SSSR count). The van der Waals surface area contributed by atoms with Crippen molar-refractivity contribution in [1.29, 1.82) is 5.26 Å². The van der Waals surface area contributed by atoms with Crippen molar-refractivity contribution >= 4 is 5.97 Å². The fourth-order valence-electron chi connectivity index (χ4n) is 1.93. The second-order valence-corrected chi connectivity index (χ2v) is 4.38. The Morgan fingerprint density at radius 2 is 2.11 bits per heavy atom. The fraction of sp³-hybridized carbons (Fsp3) is 0.429. The third kappa shape index (κ3) is 3.49. The number of carboxylic acid groups (broad SMARTS) is 1. The van der Waals surface area contributed by atoms with Gasteiger partial charge in [0.2, 0.25) is 0 Å². The summed E-state index contributed by atoms with van der Waals surface area (Å²) in [7, 11) is 1.62. The standard InChI is InChI=1S/C14H17NO3/c1-9-5-13(18-3)10(2)4-12(9)6-11(8-15)7-14(16)17/h4-5,11H,6-7H2,1-3H3,(H,16,17). The zero-order chi connectivity index (χ0) is 13.7. The van der Waals surface area contributed by atoms with Gasteiger partial charge in [-0.2, -0.15) is 5.26 Å². The predicted octanol–water partition coefficient (Wildman–Crippen LogP) is 2.47. The van der Waals surface area contributed by atoms with Gasteiger partial charge in [0.05, 0.1) is 25.5 Å². The highest BCUT2D eigenvalue weighted by Crippen LogP contribution is 2.24. The van der Waals surface area contributed by atoms with Gasteiger partial charge in [0, 0.05) is 0 Å². The van der Waals surface area contributed by atoms with Crippen molar-refractivity contribution in [2.24, 2.45) is 5.92 Å².